The molecule has 0 spiro atoms. The van der Waals surface area contributed by atoms with E-state index in [2.05, 4.69) is 15.9 Å². The van der Waals surface area contributed by atoms with Gasteiger partial charge < -0.3 is 4.74 Å². The van der Waals surface area contributed by atoms with E-state index in [9.17, 15) is 13.2 Å². The van der Waals surface area contributed by atoms with Crippen molar-refractivity contribution >= 4 is 49.2 Å². The number of nitrogens with zero attached hydrogens (tertiary/aromatic N) is 1. The van der Waals surface area contributed by atoms with Gasteiger partial charge in [0.05, 0.1) is 22.5 Å². The van der Waals surface area contributed by atoms with Gasteiger partial charge in [0.2, 0.25) is 10.0 Å². The van der Waals surface area contributed by atoms with Crippen molar-refractivity contribution in [3.05, 3.63) is 57.0 Å². The highest BCUT2D eigenvalue weighted by atomic mass is 79.9. The van der Waals surface area contributed by atoms with Crippen molar-refractivity contribution in [1.82, 2.24) is 0 Å². The number of benzene rings is 2. The fourth-order valence-electron chi connectivity index (χ4n) is 2.75. The van der Waals surface area contributed by atoms with Crippen LogP contribution in [0.3, 0.4) is 0 Å². The van der Waals surface area contributed by atoms with E-state index in [1.807, 2.05) is 0 Å². The number of hydrogen-bond donors (Lipinski definition) is 0. The number of carbonyl (C=O) groups excluding carboxylic acids is 1. The molecule has 1 aliphatic heterocycles. The lowest BCUT2D eigenvalue weighted by Gasteiger charge is -2.29. The third-order valence-corrected chi connectivity index (χ3v) is 5.86. The Kier molecular flexibility index (Phi) is 5.09. The zero-order valence-corrected chi connectivity index (χ0v) is 16.5. The summed E-state index contributed by atoms with van der Waals surface area (Å²) < 4.78 is 31.3. The molecule has 0 radical (unpaired) electrons. The van der Waals surface area contributed by atoms with Gasteiger partial charge in [-0.05, 0) is 54.8 Å². The first kappa shape index (κ1) is 18.2. The summed E-state index contributed by atoms with van der Waals surface area (Å²) in [4.78, 5) is 12.4. The van der Waals surface area contributed by atoms with Gasteiger partial charge in [-0.2, -0.15) is 0 Å². The number of hydrogen-bond acceptors (Lipinski definition) is 4. The van der Waals surface area contributed by atoms with Crippen LogP contribution < -0.4 is 9.04 Å². The molecule has 0 amide bonds. The molecular weight excluding hydrogens is 430 g/mol. The summed E-state index contributed by atoms with van der Waals surface area (Å²) >= 11 is 9.36. The van der Waals surface area contributed by atoms with Crippen LogP contribution in [-0.4, -0.2) is 27.2 Å². The Morgan fingerprint density at radius 3 is 2.68 bits per heavy atom. The second kappa shape index (κ2) is 6.97. The highest BCUT2D eigenvalue weighted by molar-refractivity contribution is 9.10. The van der Waals surface area contributed by atoms with E-state index in [-0.39, 0.29) is 5.75 Å². The normalized spacial score (nSPS) is 14.1. The van der Waals surface area contributed by atoms with E-state index in [1.54, 1.807) is 36.4 Å². The van der Waals surface area contributed by atoms with Gasteiger partial charge in [-0.3, -0.25) is 4.31 Å². The fourth-order valence-corrected chi connectivity index (χ4v) is 4.46. The number of anilines is 1. The van der Waals surface area contributed by atoms with Crippen LogP contribution in [0.15, 0.2) is 40.9 Å². The van der Waals surface area contributed by atoms with Crippen molar-refractivity contribution in [2.24, 2.45) is 0 Å². The Morgan fingerprint density at radius 1 is 1.24 bits per heavy atom. The van der Waals surface area contributed by atoms with Crippen molar-refractivity contribution in [3.63, 3.8) is 0 Å². The molecule has 0 saturated heterocycles. The van der Waals surface area contributed by atoms with Crippen LogP contribution >= 0.6 is 27.5 Å². The van der Waals surface area contributed by atoms with Crippen molar-refractivity contribution in [2.75, 3.05) is 17.1 Å². The van der Waals surface area contributed by atoms with Gasteiger partial charge >= 0.3 is 5.97 Å². The van der Waals surface area contributed by atoms with Gasteiger partial charge in [0, 0.05) is 11.0 Å². The zero-order valence-electron chi connectivity index (χ0n) is 13.3. The van der Waals surface area contributed by atoms with E-state index < -0.39 is 16.0 Å². The molecule has 8 heteroatoms. The lowest BCUT2D eigenvalue weighted by Crippen LogP contribution is -2.34. The number of esters is 1. The topological polar surface area (TPSA) is 63.7 Å². The molecule has 0 unspecified atom stereocenters. The highest BCUT2D eigenvalue weighted by Gasteiger charge is 2.25. The molecule has 5 nitrogen and oxygen atoms in total. The van der Waals surface area contributed by atoms with E-state index >= 15 is 0 Å². The summed E-state index contributed by atoms with van der Waals surface area (Å²) in [5.74, 6) is -0.270. The van der Waals surface area contributed by atoms with Gasteiger partial charge in [0.15, 0.2) is 0 Å². The van der Waals surface area contributed by atoms with Crippen LogP contribution in [-0.2, 0) is 16.4 Å². The zero-order chi connectivity index (χ0) is 18.2. The summed E-state index contributed by atoms with van der Waals surface area (Å²) in [5, 5.41) is 0.323. The van der Waals surface area contributed by atoms with Crippen molar-refractivity contribution in [1.29, 1.82) is 0 Å². The van der Waals surface area contributed by atoms with E-state index in [1.165, 1.54) is 10.6 Å². The number of halogens is 2. The highest BCUT2D eigenvalue weighted by Crippen LogP contribution is 2.31. The minimum Gasteiger partial charge on any atom is -0.421 e. The van der Waals surface area contributed by atoms with Gasteiger partial charge in [0.25, 0.3) is 0 Å². The first-order valence-electron chi connectivity index (χ1n) is 7.53. The summed E-state index contributed by atoms with van der Waals surface area (Å²) in [6.45, 7) is 0.449. The lowest BCUT2D eigenvalue weighted by atomic mass is 10.0. The Balaban J connectivity index is 1.88. The minimum absolute atomic E-state index is 0.269. The summed E-state index contributed by atoms with van der Waals surface area (Å²) in [6, 6.07) is 9.87. The molecule has 3 rings (SSSR count). The van der Waals surface area contributed by atoms with Crippen LogP contribution in [0, 0.1) is 0 Å². The molecular formula is C17H15BrClNO4S. The molecule has 0 N–H and O–H groups in total. The molecule has 2 aromatic carbocycles. The van der Waals surface area contributed by atoms with E-state index in [0.29, 0.717) is 35.7 Å². The van der Waals surface area contributed by atoms with Crippen LogP contribution in [0.25, 0.3) is 0 Å². The second-order valence-electron chi connectivity index (χ2n) is 5.75. The molecule has 1 heterocycles. The van der Waals surface area contributed by atoms with Crippen molar-refractivity contribution in [2.45, 2.75) is 12.8 Å². The number of ether oxygens (including phenoxy) is 1. The van der Waals surface area contributed by atoms with Gasteiger partial charge in [-0.15, -0.1) is 0 Å². The first-order valence-corrected chi connectivity index (χ1v) is 10.6. The molecule has 0 aliphatic carbocycles. The molecule has 0 fully saturated rings. The fraction of sp³-hybridized carbons (Fsp3) is 0.235. The van der Waals surface area contributed by atoms with Gasteiger partial charge in [-0.25, -0.2) is 13.2 Å². The standard InChI is InChI=1S/C17H15BrClNO4S/c1-25(22,23)20-8-2-3-11-9-12(4-6-15(11)20)17(21)24-16-7-5-13(18)10-14(16)19/h4-7,9-10H,2-3,8H2,1H3. The predicted octanol–water partition coefficient (Wildman–Crippen LogP) is 4.03. The summed E-state index contributed by atoms with van der Waals surface area (Å²) in [6.07, 6.45) is 2.60. The third-order valence-electron chi connectivity index (χ3n) is 3.89. The Hall–Kier alpha value is -1.57. The molecule has 0 aromatic heterocycles. The largest absolute Gasteiger partial charge is 0.421 e. The Labute approximate surface area is 159 Å². The SMILES string of the molecule is CS(=O)(=O)N1CCCc2cc(C(=O)Oc3ccc(Br)cc3Cl)ccc21. The summed E-state index contributed by atoms with van der Waals surface area (Å²) in [7, 11) is -3.34. The van der Waals surface area contributed by atoms with Crippen LogP contribution in [0.5, 0.6) is 5.75 Å². The number of carbonyl (C=O) groups is 1. The minimum atomic E-state index is -3.34. The van der Waals surface area contributed by atoms with Crippen LogP contribution in [0.1, 0.15) is 22.3 Å². The van der Waals surface area contributed by atoms with Gasteiger partial charge in [0.1, 0.15) is 5.75 Å². The maximum atomic E-state index is 12.4. The Morgan fingerprint density at radius 2 is 2.00 bits per heavy atom. The van der Waals surface area contributed by atoms with Crippen LogP contribution in [0.4, 0.5) is 5.69 Å². The lowest BCUT2D eigenvalue weighted by molar-refractivity contribution is 0.0734. The quantitative estimate of drug-likeness (QED) is 0.529. The molecule has 0 saturated carbocycles. The number of aryl methyl sites for hydroxylation is 1. The number of rotatable bonds is 3. The van der Waals surface area contributed by atoms with E-state index in [0.717, 1.165) is 10.0 Å². The molecule has 1 aliphatic rings. The van der Waals surface area contributed by atoms with Crippen LogP contribution in [0.2, 0.25) is 5.02 Å². The Bertz CT molecular complexity index is 946. The second-order valence-corrected chi connectivity index (χ2v) is 8.98. The molecule has 0 atom stereocenters. The maximum absolute atomic E-state index is 12.4. The monoisotopic (exact) mass is 443 g/mol. The maximum Gasteiger partial charge on any atom is 0.343 e. The molecule has 2 aromatic rings. The van der Waals surface area contributed by atoms with Crippen molar-refractivity contribution in [3.8, 4) is 5.75 Å². The number of sulfonamides is 1. The number of fused-ring (bicyclic) bond motifs is 1. The predicted molar refractivity (Wildman–Crippen MR) is 101 cm³/mol. The smallest absolute Gasteiger partial charge is 0.343 e. The molecule has 132 valence electrons. The average Bonchev–Trinajstić information content (AvgIpc) is 2.55. The van der Waals surface area contributed by atoms with Crippen molar-refractivity contribution < 1.29 is 17.9 Å². The summed E-state index contributed by atoms with van der Waals surface area (Å²) in [5.41, 5.74) is 1.79. The third kappa shape index (κ3) is 3.99. The molecule has 25 heavy (non-hydrogen) atoms. The average molecular weight is 445 g/mol. The van der Waals surface area contributed by atoms with Gasteiger partial charge in [-0.1, -0.05) is 27.5 Å². The molecule has 0 bridgehead atoms. The van der Waals surface area contributed by atoms with E-state index in [4.69, 9.17) is 16.3 Å². The first-order chi connectivity index (χ1) is 11.8.